The Morgan fingerprint density at radius 2 is 2.16 bits per heavy atom. The molecule has 0 unspecified atom stereocenters. The molecule has 0 aliphatic heterocycles. The van der Waals surface area contributed by atoms with Crippen molar-refractivity contribution in [3.63, 3.8) is 0 Å². The van der Waals surface area contributed by atoms with Crippen LogP contribution in [0, 0.1) is 6.92 Å². The van der Waals surface area contributed by atoms with Gasteiger partial charge in [0.1, 0.15) is 0 Å². The van der Waals surface area contributed by atoms with Gasteiger partial charge in [-0.25, -0.2) is 9.78 Å². The molecule has 0 atom stereocenters. The first-order chi connectivity index (χ1) is 9.19. The molecule has 19 heavy (non-hydrogen) atoms. The van der Waals surface area contributed by atoms with Crippen LogP contribution in [0.15, 0.2) is 24.5 Å². The first kappa shape index (κ1) is 13.6. The van der Waals surface area contributed by atoms with E-state index in [0.717, 1.165) is 17.2 Å². The van der Waals surface area contributed by atoms with Crippen molar-refractivity contribution in [1.29, 1.82) is 0 Å². The third-order valence-corrected chi connectivity index (χ3v) is 3.43. The van der Waals surface area contributed by atoms with E-state index in [1.165, 1.54) is 18.2 Å². The standard InChI is InChI=1S/C13H15N3O2S/c1-9-15-8-12(19-9)7-14-6-11-4-3-10(5-16-11)13(17)18-2/h3-5,8,14H,6-7H2,1-2H3. The molecule has 2 heterocycles. The van der Waals surface area contributed by atoms with Gasteiger partial charge in [0, 0.05) is 30.4 Å². The van der Waals surface area contributed by atoms with Crippen molar-refractivity contribution in [2.75, 3.05) is 7.11 Å². The highest BCUT2D eigenvalue weighted by atomic mass is 32.1. The van der Waals surface area contributed by atoms with E-state index in [9.17, 15) is 4.79 Å². The van der Waals surface area contributed by atoms with Gasteiger partial charge >= 0.3 is 5.97 Å². The van der Waals surface area contributed by atoms with E-state index in [4.69, 9.17) is 0 Å². The van der Waals surface area contributed by atoms with Gasteiger partial charge < -0.3 is 10.1 Å². The normalized spacial score (nSPS) is 10.4. The smallest absolute Gasteiger partial charge is 0.339 e. The molecule has 0 aliphatic carbocycles. The first-order valence-corrected chi connectivity index (χ1v) is 6.66. The average Bonchev–Trinajstić information content (AvgIpc) is 2.84. The van der Waals surface area contributed by atoms with Crippen LogP contribution >= 0.6 is 11.3 Å². The minimum absolute atomic E-state index is 0.368. The van der Waals surface area contributed by atoms with Gasteiger partial charge in [-0.05, 0) is 19.1 Å². The number of nitrogens with one attached hydrogen (secondary N) is 1. The largest absolute Gasteiger partial charge is 0.465 e. The predicted octanol–water partition coefficient (Wildman–Crippen LogP) is 1.92. The van der Waals surface area contributed by atoms with E-state index in [0.29, 0.717) is 12.1 Å². The number of hydrogen-bond acceptors (Lipinski definition) is 6. The predicted molar refractivity (Wildman–Crippen MR) is 73.0 cm³/mol. The maximum absolute atomic E-state index is 11.2. The molecule has 100 valence electrons. The second-order valence-corrected chi connectivity index (χ2v) is 5.30. The third-order valence-electron chi connectivity index (χ3n) is 2.52. The van der Waals surface area contributed by atoms with Crippen LogP contribution in [0.25, 0.3) is 0 Å². The minimum Gasteiger partial charge on any atom is -0.465 e. The second kappa shape index (κ2) is 6.40. The first-order valence-electron chi connectivity index (χ1n) is 5.84. The number of thiazole rings is 1. The molecule has 0 aromatic carbocycles. The van der Waals surface area contributed by atoms with Crippen molar-refractivity contribution >= 4 is 17.3 Å². The lowest BCUT2D eigenvalue weighted by Crippen LogP contribution is -2.13. The zero-order valence-corrected chi connectivity index (χ0v) is 11.7. The molecule has 5 nitrogen and oxygen atoms in total. The Hall–Kier alpha value is -1.79. The molecular formula is C13H15N3O2S. The van der Waals surface area contributed by atoms with Crippen LogP contribution in [0.3, 0.4) is 0 Å². The summed E-state index contributed by atoms with van der Waals surface area (Å²) in [5, 5.41) is 4.35. The molecule has 2 aromatic rings. The number of carbonyl (C=O) groups excluding carboxylic acids is 1. The van der Waals surface area contributed by atoms with Crippen LogP contribution in [0.5, 0.6) is 0 Å². The Morgan fingerprint density at radius 3 is 2.74 bits per heavy atom. The molecule has 0 spiro atoms. The van der Waals surface area contributed by atoms with Gasteiger partial charge in [0.25, 0.3) is 0 Å². The van der Waals surface area contributed by atoms with Crippen molar-refractivity contribution < 1.29 is 9.53 Å². The highest BCUT2D eigenvalue weighted by Crippen LogP contribution is 2.11. The van der Waals surface area contributed by atoms with Crippen LogP contribution in [-0.4, -0.2) is 23.0 Å². The van der Waals surface area contributed by atoms with E-state index in [1.54, 1.807) is 17.4 Å². The molecule has 2 aromatic heterocycles. The summed E-state index contributed by atoms with van der Waals surface area (Å²) in [6, 6.07) is 3.53. The summed E-state index contributed by atoms with van der Waals surface area (Å²) < 4.78 is 4.62. The topological polar surface area (TPSA) is 64.1 Å². The molecule has 0 amide bonds. The quantitative estimate of drug-likeness (QED) is 0.846. The number of pyridine rings is 1. The number of esters is 1. The van der Waals surface area contributed by atoms with Gasteiger partial charge in [0.05, 0.1) is 23.4 Å². The van der Waals surface area contributed by atoms with Crippen molar-refractivity contribution in [2.24, 2.45) is 0 Å². The van der Waals surface area contributed by atoms with Crippen LogP contribution < -0.4 is 5.32 Å². The summed E-state index contributed by atoms with van der Waals surface area (Å²) in [6.45, 7) is 3.41. The fourth-order valence-electron chi connectivity index (χ4n) is 1.57. The summed E-state index contributed by atoms with van der Waals surface area (Å²) in [6.07, 6.45) is 3.40. The number of nitrogens with zero attached hydrogens (tertiary/aromatic N) is 2. The Balaban J connectivity index is 1.84. The van der Waals surface area contributed by atoms with Gasteiger partial charge in [0.15, 0.2) is 0 Å². The number of ether oxygens (including phenoxy) is 1. The van der Waals surface area contributed by atoms with Crippen molar-refractivity contribution in [3.8, 4) is 0 Å². The fraction of sp³-hybridized carbons (Fsp3) is 0.308. The van der Waals surface area contributed by atoms with E-state index in [1.807, 2.05) is 19.2 Å². The lowest BCUT2D eigenvalue weighted by Gasteiger charge is -2.03. The fourth-order valence-corrected chi connectivity index (χ4v) is 2.33. The molecule has 2 rings (SSSR count). The monoisotopic (exact) mass is 277 g/mol. The second-order valence-electron chi connectivity index (χ2n) is 3.98. The maximum Gasteiger partial charge on any atom is 0.339 e. The maximum atomic E-state index is 11.2. The van der Waals surface area contributed by atoms with Crippen LogP contribution in [0.1, 0.15) is 25.9 Å². The summed E-state index contributed by atoms with van der Waals surface area (Å²) in [5.74, 6) is -0.368. The lowest BCUT2D eigenvalue weighted by molar-refractivity contribution is 0.0600. The number of rotatable bonds is 5. The van der Waals surface area contributed by atoms with E-state index < -0.39 is 0 Å². The number of carbonyl (C=O) groups is 1. The molecule has 0 fully saturated rings. The Bertz CT molecular complexity index is 551. The SMILES string of the molecule is COC(=O)c1ccc(CNCc2cnc(C)s2)nc1. The lowest BCUT2D eigenvalue weighted by atomic mass is 10.2. The van der Waals surface area contributed by atoms with Gasteiger partial charge in [-0.3, -0.25) is 4.98 Å². The molecular weight excluding hydrogens is 262 g/mol. The van der Waals surface area contributed by atoms with Crippen LogP contribution in [0.4, 0.5) is 0 Å². The molecule has 6 heteroatoms. The van der Waals surface area contributed by atoms with Gasteiger partial charge in [-0.15, -0.1) is 11.3 Å². The molecule has 0 radical (unpaired) electrons. The van der Waals surface area contributed by atoms with Crippen LogP contribution in [-0.2, 0) is 17.8 Å². The Morgan fingerprint density at radius 1 is 1.32 bits per heavy atom. The zero-order chi connectivity index (χ0) is 13.7. The zero-order valence-electron chi connectivity index (χ0n) is 10.8. The number of methoxy groups -OCH3 is 1. The van der Waals surface area contributed by atoms with Gasteiger partial charge in [0.2, 0.25) is 0 Å². The Labute approximate surface area is 115 Å². The minimum atomic E-state index is -0.368. The average molecular weight is 277 g/mol. The third kappa shape index (κ3) is 3.84. The van der Waals surface area contributed by atoms with Gasteiger partial charge in [-0.2, -0.15) is 0 Å². The molecule has 1 N–H and O–H groups in total. The highest BCUT2D eigenvalue weighted by molar-refractivity contribution is 7.11. The molecule has 0 saturated carbocycles. The molecule has 0 bridgehead atoms. The Kier molecular flexibility index (Phi) is 4.59. The van der Waals surface area contributed by atoms with Gasteiger partial charge in [-0.1, -0.05) is 0 Å². The summed E-state index contributed by atoms with van der Waals surface area (Å²) in [4.78, 5) is 20.8. The molecule has 0 aliphatic rings. The number of aryl methyl sites for hydroxylation is 1. The summed E-state index contributed by atoms with van der Waals surface area (Å²) >= 11 is 1.68. The van der Waals surface area contributed by atoms with Crippen molar-refractivity contribution in [3.05, 3.63) is 45.7 Å². The van der Waals surface area contributed by atoms with Crippen LogP contribution in [0.2, 0.25) is 0 Å². The van der Waals surface area contributed by atoms with E-state index in [-0.39, 0.29) is 5.97 Å². The van der Waals surface area contributed by atoms with E-state index in [2.05, 4.69) is 20.0 Å². The van der Waals surface area contributed by atoms with E-state index >= 15 is 0 Å². The molecule has 0 saturated heterocycles. The summed E-state index contributed by atoms with van der Waals surface area (Å²) in [7, 11) is 1.36. The summed E-state index contributed by atoms with van der Waals surface area (Å²) in [5.41, 5.74) is 1.35. The highest BCUT2D eigenvalue weighted by Gasteiger charge is 2.05. The van der Waals surface area contributed by atoms with Crippen molar-refractivity contribution in [2.45, 2.75) is 20.0 Å². The van der Waals surface area contributed by atoms with Crippen molar-refractivity contribution in [1.82, 2.24) is 15.3 Å². The number of aromatic nitrogens is 2. The number of hydrogen-bond donors (Lipinski definition) is 1.